The van der Waals surface area contributed by atoms with E-state index in [-0.39, 0.29) is 0 Å². The Bertz CT molecular complexity index is 204. The zero-order chi connectivity index (χ0) is 8.55. The summed E-state index contributed by atoms with van der Waals surface area (Å²) in [6.45, 7) is 3.32. The Balaban J connectivity index is 1.93. The molecule has 1 fully saturated rings. The van der Waals surface area contributed by atoms with E-state index in [1.807, 2.05) is 0 Å². The Morgan fingerprint density at radius 1 is 1.67 bits per heavy atom. The molecule has 0 aromatic heterocycles. The van der Waals surface area contributed by atoms with Crippen LogP contribution in [0.15, 0.2) is 11.9 Å². The van der Waals surface area contributed by atoms with E-state index in [2.05, 4.69) is 49.7 Å². The van der Waals surface area contributed by atoms with Gasteiger partial charge in [0.2, 0.25) is 0 Å². The molecule has 2 rings (SSSR count). The molecule has 2 atom stereocenters. The maximum absolute atomic E-state index is 3.43. The lowest BCUT2D eigenvalue weighted by atomic mass is 10.2. The van der Waals surface area contributed by atoms with Gasteiger partial charge in [-0.15, -0.1) is 0 Å². The Kier molecular flexibility index (Phi) is 2.45. The average molecular weight is 279 g/mol. The third-order valence-corrected chi connectivity index (χ3v) is 3.68. The smallest absolute Gasteiger partial charge is 0.113 e. The van der Waals surface area contributed by atoms with Gasteiger partial charge in [-0.3, -0.25) is 0 Å². The van der Waals surface area contributed by atoms with Gasteiger partial charge in [-0.1, -0.05) is 0 Å². The first-order valence-corrected chi connectivity index (χ1v) is 5.35. The Morgan fingerprint density at radius 2 is 2.50 bits per heavy atom. The van der Waals surface area contributed by atoms with Crippen molar-refractivity contribution in [2.24, 2.45) is 0 Å². The van der Waals surface area contributed by atoms with Crippen molar-refractivity contribution in [3.8, 4) is 0 Å². The summed E-state index contributed by atoms with van der Waals surface area (Å²) >= 11 is 2.42. The van der Waals surface area contributed by atoms with Crippen LogP contribution in [0.4, 0.5) is 0 Å². The summed E-state index contributed by atoms with van der Waals surface area (Å²) < 4.78 is 2.40. The second kappa shape index (κ2) is 3.41. The van der Waals surface area contributed by atoms with E-state index in [0.29, 0.717) is 12.2 Å². The van der Waals surface area contributed by atoms with Crippen LogP contribution in [-0.4, -0.2) is 21.9 Å². The normalized spacial score (nSPS) is 36.0. The van der Waals surface area contributed by atoms with Crippen molar-refractivity contribution in [1.82, 2.24) is 13.7 Å². The van der Waals surface area contributed by atoms with Crippen LogP contribution in [-0.2, 0) is 0 Å². The van der Waals surface area contributed by atoms with Crippen LogP contribution < -0.4 is 10.6 Å². The van der Waals surface area contributed by atoms with E-state index < -0.39 is 0 Å². The molecule has 0 bridgehead atoms. The summed E-state index contributed by atoms with van der Waals surface area (Å²) in [5.74, 6) is 0. The minimum Gasteiger partial charge on any atom is -0.369 e. The first kappa shape index (κ1) is 8.62. The van der Waals surface area contributed by atoms with Crippen LogP contribution in [0.5, 0.6) is 0 Å². The van der Waals surface area contributed by atoms with Crippen molar-refractivity contribution >= 4 is 22.9 Å². The highest BCUT2D eigenvalue weighted by molar-refractivity contribution is 14.1. The van der Waals surface area contributed by atoms with Gasteiger partial charge in [0.05, 0.1) is 6.04 Å². The summed E-state index contributed by atoms with van der Waals surface area (Å²) in [5.41, 5.74) is 1.25. The van der Waals surface area contributed by atoms with Gasteiger partial charge in [-0.25, -0.2) is 3.11 Å². The van der Waals surface area contributed by atoms with Gasteiger partial charge in [0, 0.05) is 41.3 Å². The zero-order valence-corrected chi connectivity index (χ0v) is 9.34. The highest BCUT2D eigenvalue weighted by Crippen LogP contribution is 2.24. The summed E-state index contributed by atoms with van der Waals surface area (Å²) in [7, 11) is 0. The van der Waals surface area contributed by atoms with Crippen molar-refractivity contribution in [1.29, 1.82) is 0 Å². The molecule has 2 heterocycles. The fraction of sp³-hybridized carbons (Fsp3) is 0.750. The fourth-order valence-corrected chi connectivity index (χ4v) is 2.78. The second-order valence-corrected chi connectivity index (χ2v) is 4.69. The van der Waals surface area contributed by atoms with E-state index in [1.54, 1.807) is 0 Å². The first-order valence-electron chi connectivity index (χ1n) is 4.39. The molecule has 0 amide bonds. The predicted octanol–water partition coefficient (Wildman–Crippen LogP) is 1.18. The number of allylic oxidation sites excluding steroid dienone is 1. The maximum atomic E-state index is 3.43. The van der Waals surface area contributed by atoms with E-state index in [9.17, 15) is 0 Å². The molecule has 0 aromatic rings. The van der Waals surface area contributed by atoms with Gasteiger partial charge >= 0.3 is 0 Å². The monoisotopic (exact) mass is 279 g/mol. The Hall–Kier alpha value is 0.0300. The summed E-state index contributed by atoms with van der Waals surface area (Å²) in [6.07, 6.45) is 5.12. The van der Waals surface area contributed by atoms with Crippen molar-refractivity contribution in [3.63, 3.8) is 0 Å². The van der Waals surface area contributed by atoms with Crippen LogP contribution >= 0.6 is 22.9 Å². The highest BCUT2D eigenvalue weighted by atomic mass is 127. The van der Waals surface area contributed by atoms with Gasteiger partial charge in [0.25, 0.3) is 0 Å². The van der Waals surface area contributed by atoms with Gasteiger partial charge in [0.1, 0.15) is 6.17 Å². The Labute approximate surface area is 87.1 Å². The van der Waals surface area contributed by atoms with Crippen LogP contribution in [0.25, 0.3) is 0 Å². The minimum absolute atomic E-state index is 0.435. The van der Waals surface area contributed by atoms with E-state index in [4.69, 9.17) is 0 Å². The Morgan fingerprint density at radius 3 is 3.00 bits per heavy atom. The lowest BCUT2D eigenvalue weighted by Crippen LogP contribution is -2.46. The molecule has 1 saturated heterocycles. The zero-order valence-electron chi connectivity index (χ0n) is 7.18. The van der Waals surface area contributed by atoms with E-state index in [1.165, 1.54) is 25.1 Å². The SMILES string of the molecule is CC1=CNC([C@@H]2CCCN2I)N1. The standard InChI is InChI=1S/C8H14IN3/c1-6-5-10-8(11-6)7-3-2-4-12(7)9/h5,7-8,10-11H,2-4H2,1H3/t7-,8?/m0/s1. The molecule has 3 nitrogen and oxygen atoms in total. The molecule has 0 spiro atoms. The summed E-state index contributed by atoms with van der Waals surface area (Å²) in [4.78, 5) is 0. The molecule has 1 unspecified atom stereocenters. The van der Waals surface area contributed by atoms with Crippen molar-refractivity contribution in [2.45, 2.75) is 32.0 Å². The number of halogens is 1. The van der Waals surface area contributed by atoms with Crippen LogP contribution in [0, 0.1) is 0 Å². The lowest BCUT2D eigenvalue weighted by molar-refractivity contribution is 0.350. The molecular formula is C8H14IN3. The van der Waals surface area contributed by atoms with Gasteiger partial charge in [-0.2, -0.15) is 0 Å². The van der Waals surface area contributed by atoms with Crippen LogP contribution in [0.3, 0.4) is 0 Å². The molecule has 0 aromatic carbocycles. The third kappa shape index (κ3) is 1.54. The lowest BCUT2D eigenvalue weighted by Gasteiger charge is -2.25. The number of nitrogens with zero attached hydrogens (tertiary/aromatic N) is 1. The van der Waals surface area contributed by atoms with Gasteiger partial charge in [0.15, 0.2) is 0 Å². The highest BCUT2D eigenvalue weighted by Gasteiger charge is 2.31. The second-order valence-electron chi connectivity index (χ2n) is 3.45. The maximum Gasteiger partial charge on any atom is 0.113 e. The molecule has 2 aliphatic rings. The largest absolute Gasteiger partial charge is 0.369 e. The molecule has 0 radical (unpaired) electrons. The van der Waals surface area contributed by atoms with Gasteiger partial charge < -0.3 is 10.6 Å². The molecule has 0 saturated carbocycles. The topological polar surface area (TPSA) is 27.3 Å². The average Bonchev–Trinajstić information content (AvgIpc) is 2.58. The molecule has 0 aliphatic carbocycles. The van der Waals surface area contributed by atoms with Crippen molar-refractivity contribution in [3.05, 3.63) is 11.9 Å². The molecule has 12 heavy (non-hydrogen) atoms. The molecule has 4 heteroatoms. The van der Waals surface area contributed by atoms with Crippen LogP contribution in [0.2, 0.25) is 0 Å². The van der Waals surface area contributed by atoms with Crippen molar-refractivity contribution < 1.29 is 0 Å². The predicted molar refractivity (Wildman–Crippen MR) is 57.6 cm³/mol. The van der Waals surface area contributed by atoms with Gasteiger partial charge in [-0.05, 0) is 19.8 Å². The van der Waals surface area contributed by atoms with Crippen molar-refractivity contribution in [2.75, 3.05) is 6.54 Å². The third-order valence-electron chi connectivity index (χ3n) is 2.48. The molecule has 2 aliphatic heterocycles. The van der Waals surface area contributed by atoms with Crippen LogP contribution in [0.1, 0.15) is 19.8 Å². The number of nitrogens with one attached hydrogen (secondary N) is 2. The molecule has 68 valence electrons. The molecule has 2 N–H and O–H groups in total. The summed E-state index contributed by atoms with van der Waals surface area (Å²) in [6, 6.07) is 0.652. The molecular weight excluding hydrogens is 265 g/mol. The number of hydrogen-bond donors (Lipinski definition) is 2. The summed E-state index contributed by atoms with van der Waals surface area (Å²) in [5, 5.41) is 6.79. The minimum atomic E-state index is 0.435. The van der Waals surface area contributed by atoms with E-state index >= 15 is 0 Å². The fourth-order valence-electron chi connectivity index (χ4n) is 1.84. The number of hydrogen-bond acceptors (Lipinski definition) is 3. The quantitative estimate of drug-likeness (QED) is 0.557. The number of rotatable bonds is 1. The van der Waals surface area contributed by atoms with E-state index in [0.717, 1.165) is 0 Å². The first-order chi connectivity index (χ1) is 5.77.